The zero-order chi connectivity index (χ0) is 9.97. The Bertz CT molecular complexity index is 175. The summed E-state index contributed by atoms with van der Waals surface area (Å²) in [5.74, 6) is 0.987. The minimum absolute atomic E-state index is 0.718. The molecule has 0 radical (unpaired) electrons. The van der Waals surface area contributed by atoms with E-state index in [1.807, 2.05) is 0 Å². The van der Waals surface area contributed by atoms with Crippen molar-refractivity contribution in [2.24, 2.45) is 5.92 Å². The number of hydrogen-bond donors (Lipinski definition) is 1. The summed E-state index contributed by atoms with van der Waals surface area (Å²) in [5.41, 5.74) is 0. The first kappa shape index (κ1) is 10.4. The van der Waals surface area contributed by atoms with E-state index in [0.717, 1.165) is 18.0 Å². The highest BCUT2D eigenvalue weighted by Crippen LogP contribution is 2.31. The fourth-order valence-corrected chi connectivity index (χ4v) is 2.73. The van der Waals surface area contributed by atoms with Gasteiger partial charge in [-0.1, -0.05) is 6.92 Å². The largest absolute Gasteiger partial charge is 0.314 e. The van der Waals surface area contributed by atoms with Crippen LogP contribution in [0.5, 0.6) is 0 Å². The van der Waals surface area contributed by atoms with E-state index < -0.39 is 0 Å². The van der Waals surface area contributed by atoms with Gasteiger partial charge in [0.05, 0.1) is 0 Å². The van der Waals surface area contributed by atoms with E-state index in [1.54, 1.807) is 0 Å². The molecule has 2 nitrogen and oxygen atoms in total. The fraction of sp³-hybridized carbons (Fsp3) is 1.00. The zero-order valence-electron chi connectivity index (χ0n) is 9.63. The van der Waals surface area contributed by atoms with Gasteiger partial charge >= 0.3 is 0 Å². The Morgan fingerprint density at radius 3 is 2.64 bits per heavy atom. The first-order chi connectivity index (χ1) is 6.75. The van der Waals surface area contributed by atoms with Gasteiger partial charge in [-0.2, -0.15) is 0 Å². The van der Waals surface area contributed by atoms with Crippen LogP contribution in [0.3, 0.4) is 0 Å². The molecule has 1 heterocycles. The summed E-state index contributed by atoms with van der Waals surface area (Å²) in [5, 5.41) is 3.56. The van der Waals surface area contributed by atoms with Crippen LogP contribution in [0.15, 0.2) is 0 Å². The van der Waals surface area contributed by atoms with E-state index in [2.05, 4.69) is 24.1 Å². The third kappa shape index (κ3) is 2.48. The Balaban J connectivity index is 1.79. The minimum Gasteiger partial charge on any atom is -0.314 e. The van der Waals surface area contributed by atoms with Crippen LogP contribution in [0.2, 0.25) is 0 Å². The van der Waals surface area contributed by atoms with Gasteiger partial charge < -0.3 is 10.2 Å². The van der Waals surface area contributed by atoms with Crippen molar-refractivity contribution in [3.05, 3.63) is 0 Å². The first-order valence-electron chi connectivity index (χ1n) is 6.23. The van der Waals surface area contributed by atoms with Crippen LogP contribution in [-0.4, -0.2) is 36.6 Å². The van der Waals surface area contributed by atoms with Crippen molar-refractivity contribution in [3.8, 4) is 0 Å². The summed E-state index contributed by atoms with van der Waals surface area (Å²) in [4.78, 5) is 2.73. The molecule has 1 aliphatic heterocycles. The molecule has 2 heteroatoms. The molecule has 14 heavy (non-hydrogen) atoms. The summed E-state index contributed by atoms with van der Waals surface area (Å²) in [6.45, 7) is 8.53. The van der Waals surface area contributed by atoms with Crippen molar-refractivity contribution in [1.29, 1.82) is 0 Å². The molecule has 1 aliphatic carbocycles. The van der Waals surface area contributed by atoms with Gasteiger partial charge in [0.25, 0.3) is 0 Å². The number of nitrogens with one attached hydrogen (secondary N) is 1. The van der Waals surface area contributed by atoms with Crippen molar-refractivity contribution >= 4 is 0 Å². The molecular weight excluding hydrogens is 172 g/mol. The molecule has 82 valence electrons. The lowest BCUT2D eigenvalue weighted by molar-refractivity contribution is 0.0766. The molecule has 1 N–H and O–H groups in total. The van der Waals surface area contributed by atoms with Crippen LogP contribution >= 0.6 is 0 Å². The van der Waals surface area contributed by atoms with Crippen LogP contribution in [-0.2, 0) is 0 Å². The van der Waals surface area contributed by atoms with Gasteiger partial charge in [-0.05, 0) is 58.2 Å². The molecule has 0 aromatic carbocycles. The second kappa shape index (κ2) is 4.63. The third-order valence-corrected chi connectivity index (χ3v) is 3.83. The average molecular weight is 196 g/mol. The van der Waals surface area contributed by atoms with Gasteiger partial charge in [0.15, 0.2) is 0 Å². The molecule has 2 aliphatic rings. The van der Waals surface area contributed by atoms with E-state index in [0.29, 0.717) is 0 Å². The molecule has 0 aromatic rings. The molecule has 2 rings (SSSR count). The number of rotatable bonds is 1. The summed E-state index contributed by atoms with van der Waals surface area (Å²) >= 11 is 0. The van der Waals surface area contributed by atoms with Crippen molar-refractivity contribution in [2.45, 2.75) is 51.6 Å². The van der Waals surface area contributed by atoms with E-state index in [1.165, 1.54) is 45.3 Å². The predicted molar refractivity (Wildman–Crippen MR) is 60.5 cm³/mol. The molecule has 0 amide bonds. The Morgan fingerprint density at radius 1 is 1.14 bits per heavy atom. The van der Waals surface area contributed by atoms with Gasteiger partial charge in [0, 0.05) is 12.1 Å². The highest BCUT2D eigenvalue weighted by Gasteiger charge is 2.30. The fourth-order valence-electron chi connectivity index (χ4n) is 2.73. The number of nitrogens with zero attached hydrogens (tertiary/aromatic N) is 1. The quantitative estimate of drug-likeness (QED) is 0.688. The number of hydrogen-bond acceptors (Lipinski definition) is 2. The van der Waals surface area contributed by atoms with E-state index in [4.69, 9.17) is 0 Å². The molecule has 1 unspecified atom stereocenters. The normalized spacial score (nSPS) is 41.1. The van der Waals surface area contributed by atoms with Crippen molar-refractivity contribution in [3.63, 3.8) is 0 Å². The van der Waals surface area contributed by atoms with Gasteiger partial charge in [-0.25, -0.2) is 0 Å². The van der Waals surface area contributed by atoms with E-state index in [9.17, 15) is 0 Å². The Morgan fingerprint density at radius 2 is 1.93 bits per heavy atom. The lowest BCUT2D eigenvalue weighted by Crippen LogP contribution is -2.48. The van der Waals surface area contributed by atoms with Gasteiger partial charge in [-0.3, -0.25) is 0 Å². The topological polar surface area (TPSA) is 15.3 Å². The lowest BCUT2D eigenvalue weighted by atomic mass is 9.80. The molecule has 0 aromatic heterocycles. The predicted octanol–water partition coefficient (Wildman–Crippen LogP) is 1.86. The monoisotopic (exact) mass is 196 g/mol. The average Bonchev–Trinajstić information content (AvgIpc) is 2.08. The maximum absolute atomic E-state index is 3.56. The highest BCUT2D eigenvalue weighted by molar-refractivity contribution is 4.86. The molecule has 0 bridgehead atoms. The maximum atomic E-state index is 3.56. The third-order valence-electron chi connectivity index (χ3n) is 3.83. The van der Waals surface area contributed by atoms with Gasteiger partial charge in [-0.15, -0.1) is 0 Å². The zero-order valence-corrected chi connectivity index (χ0v) is 9.63. The van der Waals surface area contributed by atoms with E-state index >= 15 is 0 Å². The standard InChI is InChI=1S/C12H24N2/c1-10-8-12(9-10)14-6-3-5-13-11(2)4-7-14/h10-13H,3-9H2,1-2H3. The van der Waals surface area contributed by atoms with Crippen LogP contribution in [0, 0.1) is 5.92 Å². The summed E-state index contributed by atoms with van der Waals surface area (Å²) in [6, 6.07) is 1.64. The van der Waals surface area contributed by atoms with Crippen molar-refractivity contribution < 1.29 is 0 Å². The molecule has 0 spiro atoms. The summed E-state index contributed by atoms with van der Waals surface area (Å²) in [7, 11) is 0. The molecule has 1 atom stereocenters. The summed E-state index contributed by atoms with van der Waals surface area (Å²) in [6.07, 6.45) is 5.55. The molecule has 1 saturated heterocycles. The second-order valence-electron chi connectivity index (χ2n) is 5.26. The Kier molecular flexibility index (Phi) is 3.45. The SMILES string of the molecule is CC1CC(N2CCCNC(C)CC2)C1. The van der Waals surface area contributed by atoms with Crippen LogP contribution < -0.4 is 5.32 Å². The van der Waals surface area contributed by atoms with Gasteiger partial charge in [0.1, 0.15) is 0 Å². The summed E-state index contributed by atoms with van der Waals surface area (Å²) < 4.78 is 0. The van der Waals surface area contributed by atoms with Crippen molar-refractivity contribution in [1.82, 2.24) is 10.2 Å². The Hall–Kier alpha value is -0.0800. The Labute approximate surface area is 88.1 Å². The molecule has 1 saturated carbocycles. The van der Waals surface area contributed by atoms with E-state index in [-0.39, 0.29) is 0 Å². The molecule has 2 fully saturated rings. The van der Waals surface area contributed by atoms with Gasteiger partial charge in [0.2, 0.25) is 0 Å². The minimum atomic E-state index is 0.718. The first-order valence-corrected chi connectivity index (χ1v) is 6.23. The highest BCUT2D eigenvalue weighted by atomic mass is 15.2. The van der Waals surface area contributed by atoms with Crippen LogP contribution in [0.1, 0.15) is 39.5 Å². The van der Waals surface area contributed by atoms with Crippen LogP contribution in [0.25, 0.3) is 0 Å². The molecular formula is C12H24N2. The maximum Gasteiger partial charge on any atom is 0.0100 e. The van der Waals surface area contributed by atoms with Crippen LogP contribution in [0.4, 0.5) is 0 Å². The second-order valence-corrected chi connectivity index (χ2v) is 5.26. The smallest absolute Gasteiger partial charge is 0.0100 e. The van der Waals surface area contributed by atoms with Crippen molar-refractivity contribution in [2.75, 3.05) is 19.6 Å². The lowest BCUT2D eigenvalue weighted by Gasteiger charge is -2.43.